The molecule has 0 radical (unpaired) electrons. The lowest BCUT2D eigenvalue weighted by atomic mass is 10.1. The van der Waals surface area contributed by atoms with Crippen LogP contribution in [-0.2, 0) is 11.3 Å². The van der Waals surface area contributed by atoms with Crippen molar-refractivity contribution in [2.45, 2.75) is 24.8 Å². The zero-order valence-electron chi connectivity index (χ0n) is 14.6. The molecule has 3 rings (SSSR count). The number of rotatable bonds is 6. The highest BCUT2D eigenvalue weighted by Gasteiger charge is 2.35. The Morgan fingerprint density at radius 2 is 2.07 bits per heavy atom. The largest absolute Gasteiger partial charge is 0.389 e. The van der Waals surface area contributed by atoms with Gasteiger partial charge in [0.2, 0.25) is 0 Å². The van der Waals surface area contributed by atoms with Crippen LogP contribution in [0.2, 0.25) is 0 Å². The summed E-state index contributed by atoms with van der Waals surface area (Å²) in [5.41, 5.74) is 1.86. The lowest BCUT2D eigenvalue weighted by Crippen LogP contribution is -2.44. The summed E-state index contributed by atoms with van der Waals surface area (Å²) in [4.78, 5) is 12.1. The fourth-order valence-corrected chi connectivity index (χ4v) is 2.94. The summed E-state index contributed by atoms with van der Waals surface area (Å²) in [5.74, 6) is -0.758. The van der Waals surface area contributed by atoms with Gasteiger partial charge in [0, 0.05) is 18.7 Å². The number of hydrogen-bond donors (Lipinski definition) is 3. The van der Waals surface area contributed by atoms with Crippen LogP contribution in [-0.4, -0.2) is 42.4 Å². The van der Waals surface area contributed by atoms with Crippen molar-refractivity contribution in [3.05, 3.63) is 71.0 Å². The van der Waals surface area contributed by atoms with E-state index in [1.54, 1.807) is 12.1 Å². The summed E-state index contributed by atoms with van der Waals surface area (Å²) >= 11 is 0. The number of carbonyl (C=O) groups is 1. The van der Waals surface area contributed by atoms with Crippen molar-refractivity contribution in [2.75, 3.05) is 13.2 Å². The molecule has 27 heavy (non-hydrogen) atoms. The van der Waals surface area contributed by atoms with Gasteiger partial charge in [-0.3, -0.25) is 4.79 Å². The Balaban J connectivity index is 1.48. The first-order valence-electron chi connectivity index (χ1n) is 8.62. The van der Waals surface area contributed by atoms with Gasteiger partial charge in [0.15, 0.2) is 0 Å². The number of aliphatic hydroxyl groups excluding tert-OH is 1. The van der Waals surface area contributed by atoms with Gasteiger partial charge in [-0.25, -0.2) is 4.39 Å². The first kappa shape index (κ1) is 19.0. The maximum absolute atomic E-state index is 12.9. The van der Waals surface area contributed by atoms with Crippen molar-refractivity contribution in [1.29, 1.82) is 5.26 Å². The van der Waals surface area contributed by atoms with E-state index < -0.39 is 18.0 Å². The summed E-state index contributed by atoms with van der Waals surface area (Å²) in [6, 6.07) is 14.3. The summed E-state index contributed by atoms with van der Waals surface area (Å²) in [7, 11) is 0. The maximum Gasteiger partial charge on any atom is 0.251 e. The van der Waals surface area contributed by atoms with Gasteiger partial charge in [0.1, 0.15) is 11.9 Å². The molecule has 0 spiro atoms. The van der Waals surface area contributed by atoms with Gasteiger partial charge in [-0.1, -0.05) is 12.1 Å². The van der Waals surface area contributed by atoms with Gasteiger partial charge in [-0.05, 0) is 42.0 Å². The quantitative estimate of drug-likeness (QED) is 0.715. The molecule has 3 unspecified atom stereocenters. The molecule has 0 aliphatic carbocycles. The zero-order chi connectivity index (χ0) is 19.2. The van der Waals surface area contributed by atoms with Crippen molar-refractivity contribution >= 4 is 5.91 Å². The normalized spacial score (nSPS) is 21.6. The predicted molar refractivity (Wildman–Crippen MR) is 96.3 cm³/mol. The molecule has 1 aliphatic rings. The van der Waals surface area contributed by atoms with Crippen LogP contribution in [0.3, 0.4) is 0 Å². The van der Waals surface area contributed by atoms with Crippen LogP contribution in [0.1, 0.15) is 21.5 Å². The van der Waals surface area contributed by atoms with Crippen molar-refractivity contribution in [2.24, 2.45) is 0 Å². The van der Waals surface area contributed by atoms with E-state index in [2.05, 4.69) is 16.7 Å². The third-order valence-corrected chi connectivity index (χ3v) is 4.48. The van der Waals surface area contributed by atoms with Crippen LogP contribution < -0.4 is 10.6 Å². The summed E-state index contributed by atoms with van der Waals surface area (Å²) in [5, 5.41) is 25.2. The highest BCUT2D eigenvalue weighted by molar-refractivity contribution is 5.94. The molecular formula is C20H20FN3O3. The highest BCUT2D eigenvalue weighted by Crippen LogP contribution is 2.15. The molecule has 2 aromatic carbocycles. The Kier molecular flexibility index (Phi) is 6.14. The fraction of sp³-hybridized carbons (Fsp3) is 0.300. The van der Waals surface area contributed by atoms with E-state index >= 15 is 0 Å². The van der Waals surface area contributed by atoms with Crippen LogP contribution in [0.25, 0.3) is 0 Å². The predicted octanol–water partition coefficient (Wildman–Crippen LogP) is 1.35. The SMILES string of the molecule is N#Cc1cccc(CNC2COC(CNC(=O)c3ccc(F)cc3)C2O)c1. The molecule has 1 amide bonds. The van der Waals surface area contributed by atoms with Crippen LogP contribution in [0.5, 0.6) is 0 Å². The third kappa shape index (κ3) is 4.89. The Bertz CT molecular complexity index is 835. The Morgan fingerprint density at radius 1 is 1.30 bits per heavy atom. The first-order valence-corrected chi connectivity index (χ1v) is 8.62. The number of nitrogens with zero attached hydrogens (tertiary/aromatic N) is 1. The van der Waals surface area contributed by atoms with E-state index in [0.29, 0.717) is 24.3 Å². The minimum atomic E-state index is -0.780. The molecule has 0 aromatic heterocycles. The molecule has 0 saturated carbocycles. The molecule has 0 bridgehead atoms. The molecule has 7 heteroatoms. The second kappa shape index (κ2) is 8.73. The minimum Gasteiger partial charge on any atom is -0.389 e. The molecular weight excluding hydrogens is 349 g/mol. The average Bonchev–Trinajstić information content (AvgIpc) is 3.05. The monoisotopic (exact) mass is 369 g/mol. The molecule has 3 N–H and O–H groups in total. The van der Waals surface area contributed by atoms with Gasteiger partial charge < -0.3 is 20.5 Å². The van der Waals surface area contributed by atoms with Crippen LogP contribution in [0.15, 0.2) is 48.5 Å². The van der Waals surface area contributed by atoms with E-state index in [1.807, 2.05) is 12.1 Å². The second-order valence-electron chi connectivity index (χ2n) is 6.38. The molecule has 1 fully saturated rings. The Hall–Kier alpha value is -2.79. The zero-order valence-corrected chi connectivity index (χ0v) is 14.6. The second-order valence-corrected chi connectivity index (χ2v) is 6.38. The molecule has 1 saturated heterocycles. The smallest absolute Gasteiger partial charge is 0.251 e. The Labute approximate surface area is 156 Å². The lowest BCUT2D eigenvalue weighted by molar-refractivity contribution is 0.0398. The number of ether oxygens (including phenoxy) is 1. The van der Waals surface area contributed by atoms with Crippen molar-refractivity contribution in [1.82, 2.24) is 10.6 Å². The van der Waals surface area contributed by atoms with Crippen LogP contribution in [0.4, 0.5) is 4.39 Å². The lowest BCUT2D eigenvalue weighted by Gasteiger charge is -2.19. The minimum absolute atomic E-state index is 0.152. The number of hydrogen-bond acceptors (Lipinski definition) is 5. The molecule has 140 valence electrons. The fourth-order valence-electron chi connectivity index (χ4n) is 2.94. The van der Waals surface area contributed by atoms with Gasteiger partial charge in [-0.2, -0.15) is 5.26 Å². The first-order chi connectivity index (χ1) is 13.1. The van der Waals surface area contributed by atoms with E-state index in [-0.39, 0.29) is 18.5 Å². The molecule has 1 aliphatic heterocycles. The molecule has 1 heterocycles. The summed E-state index contributed by atoms with van der Waals surface area (Å²) in [6.45, 7) is 0.963. The van der Waals surface area contributed by atoms with E-state index in [1.165, 1.54) is 24.3 Å². The van der Waals surface area contributed by atoms with Gasteiger partial charge >= 0.3 is 0 Å². The molecule has 6 nitrogen and oxygen atoms in total. The topological polar surface area (TPSA) is 94.4 Å². The standard InChI is InChI=1S/C20H20FN3O3/c21-16-6-4-15(5-7-16)20(26)24-11-18-19(25)17(12-27-18)23-10-14-3-1-2-13(8-14)9-22/h1-8,17-19,23,25H,10-12H2,(H,24,26). The molecule has 2 aromatic rings. The van der Waals surface area contributed by atoms with Gasteiger partial charge in [-0.15, -0.1) is 0 Å². The number of carbonyl (C=O) groups excluding carboxylic acids is 1. The van der Waals surface area contributed by atoms with Gasteiger partial charge in [0.25, 0.3) is 5.91 Å². The number of benzene rings is 2. The third-order valence-electron chi connectivity index (χ3n) is 4.48. The number of nitriles is 1. The number of aliphatic hydroxyl groups is 1. The van der Waals surface area contributed by atoms with Crippen molar-refractivity contribution < 1.29 is 19.0 Å². The van der Waals surface area contributed by atoms with E-state index in [0.717, 1.165) is 5.56 Å². The summed E-state index contributed by atoms with van der Waals surface area (Å²) < 4.78 is 18.5. The van der Waals surface area contributed by atoms with Crippen LogP contribution >= 0.6 is 0 Å². The van der Waals surface area contributed by atoms with Crippen molar-refractivity contribution in [3.8, 4) is 6.07 Å². The number of halogens is 1. The molecule has 3 atom stereocenters. The van der Waals surface area contributed by atoms with Gasteiger partial charge in [0.05, 0.1) is 30.4 Å². The maximum atomic E-state index is 12.9. The Morgan fingerprint density at radius 3 is 2.81 bits per heavy atom. The van der Waals surface area contributed by atoms with E-state index in [4.69, 9.17) is 10.00 Å². The van der Waals surface area contributed by atoms with E-state index in [9.17, 15) is 14.3 Å². The number of nitrogens with one attached hydrogen (secondary N) is 2. The van der Waals surface area contributed by atoms with Crippen LogP contribution in [0, 0.1) is 17.1 Å². The van der Waals surface area contributed by atoms with Crippen molar-refractivity contribution in [3.63, 3.8) is 0 Å². The average molecular weight is 369 g/mol. The highest BCUT2D eigenvalue weighted by atomic mass is 19.1. The summed E-state index contributed by atoms with van der Waals surface area (Å²) in [6.07, 6.45) is -1.31. The number of amides is 1.